The number of esters is 1. The Bertz CT molecular complexity index is 1070. The molecule has 0 radical (unpaired) electrons. The van der Waals surface area contributed by atoms with Crippen molar-refractivity contribution in [3.63, 3.8) is 0 Å². The van der Waals surface area contributed by atoms with Gasteiger partial charge in [0.1, 0.15) is 6.54 Å². The van der Waals surface area contributed by atoms with E-state index in [0.29, 0.717) is 18.0 Å². The quantitative estimate of drug-likeness (QED) is 0.285. The average Bonchev–Trinajstić information content (AvgIpc) is 3.11. The fourth-order valence-electron chi connectivity index (χ4n) is 3.00. The van der Waals surface area contributed by atoms with Gasteiger partial charge < -0.3 is 15.0 Å². The van der Waals surface area contributed by atoms with E-state index in [1.54, 1.807) is 11.5 Å². The maximum atomic E-state index is 13.2. The van der Waals surface area contributed by atoms with Gasteiger partial charge in [0.2, 0.25) is 5.95 Å². The number of piperazine rings is 1. The Hall–Kier alpha value is -2.73. The molecule has 0 atom stereocenters. The van der Waals surface area contributed by atoms with Crippen molar-refractivity contribution in [3.05, 3.63) is 10.4 Å². The van der Waals surface area contributed by atoms with Gasteiger partial charge in [-0.15, -0.1) is 18.3 Å². The van der Waals surface area contributed by atoms with E-state index in [0.717, 1.165) is 37.9 Å². The standard InChI is InChI=1S/C18H21N7O3S.ClH/c1-3-4-8-24-14-15(21-17(24)23-10-6-20-7-11-23)22-18(29-12-13(26)28-2)25(9-5-19)16(14)27;/h20H,6-12H2,1-2H3;1H. The zero-order chi connectivity index (χ0) is 20.8. The summed E-state index contributed by atoms with van der Waals surface area (Å²) < 4.78 is 7.67. The first-order valence-corrected chi connectivity index (χ1v) is 10.0. The van der Waals surface area contributed by atoms with Crippen molar-refractivity contribution in [3.8, 4) is 17.9 Å². The molecule has 0 aliphatic carbocycles. The number of carbonyl (C=O) groups excluding carboxylic acids is 1. The topological polar surface area (TPSA) is 118 Å². The molecule has 1 N–H and O–H groups in total. The van der Waals surface area contributed by atoms with Gasteiger partial charge in [0.05, 0.1) is 25.5 Å². The number of rotatable bonds is 6. The van der Waals surface area contributed by atoms with Gasteiger partial charge in [0, 0.05) is 26.2 Å². The maximum absolute atomic E-state index is 13.2. The minimum Gasteiger partial charge on any atom is -0.468 e. The molecule has 1 fully saturated rings. The third-order valence-electron chi connectivity index (χ3n) is 4.40. The molecular formula is C18H22ClN7O3S. The molecule has 3 rings (SSSR count). The molecule has 12 heteroatoms. The van der Waals surface area contributed by atoms with Crippen molar-refractivity contribution < 1.29 is 9.53 Å². The summed E-state index contributed by atoms with van der Waals surface area (Å²) in [6.45, 7) is 4.98. The molecule has 1 aliphatic rings. The Labute approximate surface area is 184 Å². The second kappa shape index (κ2) is 10.9. The van der Waals surface area contributed by atoms with Gasteiger partial charge in [0.25, 0.3) is 5.56 Å². The Morgan fingerprint density at radius 1 is 1.27 bits per heavy atom. The van der Waals surface area contributed by atoms with Crippen LogP contribution in [0.3, 0.4) is 0 Å². The van der Waals surface area contributed by atoms with E-state index in [4.69, 9.17) is 0 Å². The van der Waals surface area contributed by atoms with Crippen molar-refractivity contribution in [1.82, 2.24) is 24.4 Å². The lowest BCUT2D eigenvalue weighted by atomic mass is 10.4. The lowest BCUT2D eigenvalue weighted by molar-refractivity contribution is -0.137. The van der Waals surface area contributed by atoms with Gasteiger partial charge in [-0.3, -0.25) is 18.7 Å². The van der Waals surface area contributed by atoms with E-state index in [1.165, 1.54) is 11.7 Å². The van der Waals surface area contributed by atoms with Crippen LogP contribution in [0.4, 0.5) is 5.95 Å². The Balaban J connectivity index is 0.00000320. The Morgan fingerprint density at radius 2 is 2.00 bits per heavy atom. The van der Waals surface area contributed by atoms with E-state index in [-0.39, 0.29) is 41.1 Å². The number of aromatic nitrogens is 4. The van der Waals surface area contributed by atoms with Gasteiger partial charge in [0.15, 0.2) is 16.3 Å². The molecule has 30 heavy (non-hydrogen) atoms. The number of hydrogen-bond donors (Lipinski definition) is 1. The minimum absolute atomic E-state index is 0. The summed E-state index contributed by atoms with van der Waals surface area (Å²) in [5, 5.41) is 12.7. The molecule has 0 saturated carbocycles. The van der Waals surface area contributed by atoms with Crippen LogP contribution < -0.4 is 15.8 Å². The summed E-state index contributed by atoms with van der Waals surface area (Å²) in [7, 11) is 1.29. The highest BCUT2D eigenvalue weighted by Gasteiger charge is 2.24. The van der Waals surface area contributed by atoms with Crippen molar-refractivity contribution in [2.45, 2.75) is 25.2 Å². The summed E-state index contributed by atoms with van der Waals surface area (Å²) in [6, 6.07) is 1.98. The first kappa shape index (κ1) is 23.5. The number of carbonyl (C=O) groups is 1. The number of anilines is 1. The second-order valence-corrected chi connectivity index (χ2v) is 7.09. The van der Waals surface area contributed by atoms with Gasteiger partial charge in [-0.25, -0.2) is 4.98 Å². The molecule has 3 heterocycles. The normalized spacial score (nSPS) is 13.2. The third kappa shape index (κ3) is 4.87. The highest BCUT2D eigenvalue weighted by Crippen LogP contribution is 2.23. The number of fused-ring (bicyclic) bond motifs is 1. The predicted molar refractivity (Wildman–Crippen MR) is 116 cm³/mol. The molecule has 0 amide bonds. The SMILES string of the molecule is CC#CCn1c(N2CCNCC2)nc2nc(SCC(=O)OC)n(CC#N)c(=O)c21.Cl. The van der Waals surface area contributed by atoms with Crippen LogP contribution in [0.15, 0.2) is 9.95 Å². The molecule has 10 nitrogen and oxygen atoms in total. The first-order chi connectivity index (χ1) is 14.1. The van der Waals surface area contributed by atoms with Crippen molar-refractivity contribution in [2.24, 2.45) is 0 Å². The summed E-state index contributed by atoms with van der Waals surface area (Å²) in [6.07, 6.45) is 0. The monoisotopic (exact) mass is 451 g/mol. The van der Waals surface area contributed by atoms with Crippen molar-refractivity contribution in [1.29, 1.82) is 5.26 Å². The molecule has 1 saturated heterocycles. The fourth-order valence-corrected chi connectivity index (χ4v) is 3.82. The zero-order valence-electron chi connectivity index (χ0n) is 16.7. The van der Waals surface area contributed by atoms with Crippen LogP contribution in [0, 0.1) is 23.2 Å². The maximum Gasteiger partial charge on any atom is 0.316 e. The zero-order valence-corrected chi connectivity index (χ0v) is 18.3. The molecule has 0 unspecified atom stereocenters. The number of halogens is 1. The minimum atomic E-state index is -0.446. The van der Waals surface area contributed by atoms with Crippen LogP contribution in [0.1, 0.15) is 6.92 Å². The van der Waals surface area contributed by atoms with E-state index in [9.17, 15) is 14.9 Å². The van der Waals surface area contributed by atoms with Crippen LogP contribution in [0.5, 0.6) is 0 Å². The van der Waals surface area contributed by atoms with Crippen LogP contribution >= 0.6 is 24.2 Å². The lowest BCUT2D eigenvalue weighted by Crippen LogP contribution is -2.44. The van der Waals surface area contributed by atoms with Gasteiger partial charge in [-0.05, 0) is 6.92 Å². The first-order valence-electron chi connectivity index (χ1n) is 9.03. The average molecular weight is 452 g/mol. The molecule has 1 aliphatic heterocycles. The molecule has 0 bridgehead atoms. The molecule has 160 valence electrons. The van der Waals surface area contributed by atoms with E-state index < -0.39 is 5.97 Å². The highest BCUT2D eigenvalue weighted by molar-refractivity contribution is 7.99. The largest absolute Gasteiger partial charge is 0.468 e. The fraction of sp³-hybridized carbons (Fsp3) is 0.500. The molecule has 2 aromatic heterocycles. The smallest absolute Gasteiger partial charge is 0.316 e. The number of thioether (sulfide) groups is 1. The number of imidazole rings is 1. The van der Waals surface area contributed by atoms with E-state index in [1.807, 2.05) is 6.07 Å². The van der Waals surface area contributed by atoms with Gasteiger partial charge >= 0.3 is 5.97 Å². The highest BCUT2D eigenvalue weighted by atomic mass is 35.5. The van der Waals surface area contributed by atoms with Gasteiger partial charge in [-0.2, -0.15) is 10.2 Å². The number of methoxy groups -OCH3 is 1. The summed E-state index contributed by atoms with van der Waals surface area (Å²) >= 11 is 1.04. The third-order valence-corrected chi connectivity index (χ3v) is 5.35. The number of hydrogen-bond acceptors (Lipinski definition) is 9. The van der Waals surface area contributed by atoms with Crippen LogP contribution in [0.2, 0.25) is 0 Å². The number of nitrogens with one attached hydrogen (secondary N) is 1. The number of nitrogens with zero attached hydrogens (tertiary/aromatic N) is 6. The number of ether oxygens (including phenoxy) is 1. The summed E-state index contributed by atoms with van der Waals surface area (Å²) in [5.41, 5.74) is 0.206. The molecule has 2 aromatic rings. The van der Waals surface area contributed by atoms with Crippen molar-refractivity contribution in [2.75, 3.05) is 43.9 Å². The van der Waals surface area contributed by atoms with Crippen LogP contribution in [0.25, 0.3) is 11.2 Å². The lowest BCUT2D eigenvalue weighted by Gasteiger charge is -2.28. The second-order valence-electron chi connectivity index (χ2n) is 6.14. The predicted octanol–water partition coefficient (Wildman–Crippen LogP) is 0.236. The Kier molecular flexibility index (Phi) is 8.54. The molecule has 0 aromatic carbocycles. The van der Waals surface area contributed by atoms with Crippen LogP contribution in [-0.4, -0.2) is 64.1 Å². The van der Waals surface area contributed by atoms with Crippen molar-refractivity contribution >= 4 is 47.3 Å². The van der Waals surface area contributed by atoms with Gasteiger partial charge in [-0.1, -0.05) is 17.7 Å². The number of nitriles is 1. The summed E-state index contributed by atoms with van der Waals surface area (Å²) in [5.74, 6) is 6.00. The molecule has 0 spiro atoms. The molecular weight excluding hydrogens is 430 g/mol. The Morgan fingerprint density at radius 3 is 2.63 bits per heavy atom. The van der Waals surface area contributed by atoms with Crippen LogP contribution in [-0.2, 0) is 22.6 Å². The van der Waals surface area contributed by atoms with E-state index in [2.05, 4.69) is 36.8 Å². The van der Waals surface area contributed by atoms with E-state index >= 15 is 0 Å². The summed E-state index contributed by atoms with van der Waals surface area (Å²) in [4.78, 5) is 35.9.